The summed E-state index contributed by atoms with van der Waals surface area (Å²) in [5, 5.41) is 0. The molecule has 4 rings (SSSR count). The van der Waals surface area contributed by atoms with E-state index in [0.717, 1.165) is 31.4 Å². The molecule has 2 saturated carbocycles. The number of amides is 2. The van der Waals surface area contributed by atoms with E-state index in [1.165, 1.54) is 6.42 Å². The molecule has 2 amide bonds. The number of carbonyl (C=O) groups excluding carboxylic acids is 2. The van der Waals surface area contributed by atoms with Crippen molar-refractivity contribution in [1.29, 1.82) is 0 Å². The summed E-state index contributed by atoms with van der Waals surface area (Å²) < 4.78 is 0. The lowest BCUT2D eigenvalue weighted by atomic mass is 9.84. The minimum Gasteiger partial charge on any atom is -0.341 e. The van der Waals surface area contributed by atoms with Crippen molar-refractivity contribution < 1.29 is 9.59 Å². The molecule has 1 aliphatic heterocycles. The maximum absolute atomic E-state index is 13.0. The molecule has 6 heteroatoms. The fourth-order valence-electron chi connectivity index (χ4n) is 5.02. The van der Waals surface area contributed by atoms with Crippen molar-refractivity contribution in [2.45, 2.75) is 31.7 Å². The van der Waals surface area contributed by atoms with Gasteiger partial charge in [-0.2, -0.15) is 0 Å². The Morgan fingerprint density at radius 1 is 0.923 bits per heavy atom. The Kier molecular flexibility index (Phi) is 5.88. The predicted molar refractivity (Wildman–Crippen MR) is 103 cm³/mol. The van der Waals surface area contributed by atoms with Crippen LogP contribution in [-0.2, 0) is 4.79 Å². The first-order valence-corrected chi connectivity index (χ1v) is 9.54. The van der Waals surface area contributed by atoms with Crippen LogP contribution in [0.4, 0.5) is 0 Å². The number of benzene rings is 1. The van der Waals surface area contributed by atoms with Gasteiger partial charge in [-0.3, -0.25) is 9.59 Å². The van der Waals surface area contributed by atoms with Crippen LogP contribution < -0.4 is 5.73 Å². The fraction of sp³-hybridized carbons (Fsp3) is 0.600. The summed E-state index contributed by atoms with van der Waals surface area (Å²) in [7, 11) is 0. The zero-order valence-electron chi connectivity index (χ0n) is 15.0. The lowest BCUT2D eigenvalue weighted by molar-refractivity contribution is -0.137. The van der Waals surface area contributed by atoms with Crippen molar-refractivity contribution in [3.05, 3.63) is 35.9 Å². The van der Waals surface area contributed by atoms with Gasteiger partial charge in [0.2, 0.25) is 5.91 Å². The third-order valence-corrected chi connectivity index (χ3v) is 6.38. The van der Waals surface area contributed by atoms with Gasteiger partial charge in [-0.05, 0) is 49.7 Å². The molecule has 2 aliphatic carbocycles. The van der Waals surface area contributed by atoms with Gasteiger partial charge in [0, 0.05) is 37.8 Å². The minimum atomic E-state index is 0. The lowest BCUT2D eigenvalue weighted by Crippen LogP contribution is -2.48. The van der Waals surface area contributed by atoms with E-state index in [9.17, 15) is 9.59 Å². The van der Waals surface area contributed by atoms with Gasteiger partial charge in [0.15, 0.2) is 0 Å². The molecule has 0 radical (unpaired) electrons. The number of carbonyl (C=O) groups is 2. The van der Waals surface area contributed by atoms with Crippen LogP contribution in [0.5, 0.6) is 0 Å². The van der Waals surface area contributed by atoms with E-state index in [-0.39, 0.29) is 36.2 Å². The minimum absolute atomic E-state index is 0. The first kappa shape index (κ1) is 19.2. The van der Waals surface area contributed by atoms with Crippen molar-refractivity contribution in [3.63, 3.8) is 0 Å². The molecule has 3 fully saturated rings. The molecule has 1 saturated heterocycles. The van der Waals surface area contributed by atoms with Crippen molar-refractivity contribution in [3.8, 4) is 0 Å². The molecule has 142 valence electrons. The second-order valence-electron chi connectivity index (χ2n) is 7.77. The molecule has 5 nitrogen and oxygen atoms in total. The zero-order chi connectivity index (χ0) is 17.4. The topological polar surface area (TPSA) is 66.6 Å². The van der Waals surface area contributed by atoms with E-state index in [4.69, 9.17) is 5.73 Å². The Hall–Kier alpha value is -1.59. The Bertz CT molecular complexity index is 652. The lowest BCUT2D eigenvalue weighted by Gasteiger charge is -2.32. The highest BCUT2D eigenvalue weighted by Gasteiger charge is 2.50. The van der Waals surface area contributed by atoms with Crippen LogP contribution in [-0.4, -0.2) is 53.8 Å². The van der Waals surface area contributed by atoms with Crippen molar-refractivity contribution in [2.75, 3.05) is 26.2 Å². The second kappa shape index (κ2) is 7.97. The summed E-state index contributed by atoms with van der Waals surface area (Å²) >= 11 is 0. The number of nitrogens with two attached hydrogens (primary N) is 1. The summed E-state index contributed by atoms with van der Waals surface area (Å²) in [6, 6.07) is 9.43. The molecule has 26 heavy (non-hydrogen) atoms. The van der Waals surface area contributed by atoms with Gasteiger partial charge >= 0.3 is 0 Å². The Morgan fingerprint density at radius 3 is 2.27 bits per heavy atom. The zero-order valence-corrected chi connectivity index (χ0v) is 15.9. The Labute approximate surface area is 161 Å². The highest BCUT2D eigenvalue weighted by molar-refractivity contribution is 5.94. The van der Waals surface area contributed by atoms with Gasteiger partial charge in [-0.15, -0.1) is 12.4 Å². The van der Waals surface area contributed by atoms with Gasteiger partial charge in [0.25, 0.3) is 5.91 Å². The molecule has 2 N–H and O–H groups in total. The molecule has 0 aromatic heterocycles. The smallest absolute Gasteiger partial charge is 0.253 e. The number of nitrogens with zero attached hydrogens (tertiary/aromatic N) is 2. The van der Waals surface area contributed by atoms with Crippen molar-refractivity contribution >= 4 is 24.2 Å². The molecule has 1 aromatic carbocycles. The third-order valence-electron chi connectivity index (χ3n) is 6.38. The average Bonchev–Trinajstić information content (AvgIpc) is 3.14. The highest BCUT2D eigenvalue weighted by atomic mass is 35.5. The second-order valence-corrected chi connectivity index (χ2v) is 7.77. The van der Waals surface area contributed by atoms with Gasteiger partial charge in [0.05, 0.1) is 5.92 Å². The summed E-state index contributed by atoms with van der Waals surface area (Å²) in [6.45, 7) is 2.67. The molecular formula is C20H28ClN3O2. The fourth-order valence-corrected chi connectivity index (χ4v) is 5.02. The molecule has 1 heterocycles. The molecular weight excluding hydrogens is 350 g/mol. The number of fused-ring (bicyclic) bond motifs is 2. The van der Waals surface area contributed by atoms with E-state index in [1.807, 2.05) is 40.1 Å². The highest BCUT2D eigenvalue weighted by Crippen LogP contribution is 2.48. The molecule has 0 spiro atoms. The van der Waals surface area contributed by atoms with Crippen molar-refractivity contribution in [2.24, 2.45) is 23.5 Å². The summed E-state index contributed by atoms with van der Waals surface area (Å²) in [4.78, 5) is 29.5. The van der Waals surface area contributed by atoms with Gasteiger partial charge in [-0.25, -0.2) is 0 Å². The first-order valence-electron chi connectivity index (χ1n) is 9.54. The van der Waals surface area contributed by atoms with E-state index >= 15 is 0 Å². The van der Waals surface area contributed by atoms with Crippen LogP contribution in [0.2, 0.25) is 0 Å². The van der Waals surface area contributed by atoms with Crippen molar-refractivity contribution in [1.82, 2.24) is 9.80 Å². The molecule has 4 atom stereocenters. The number of rotatable bonds is 2. The summed E-state index contributed by atoms with van der Waals surface area (Å²) in [5.41, 5.74) is 7.07. The number of halogens is 1. The van der Waals surface area contributed by atoms with Crippen LogP contribution in [0.1, 0.15) is 36.0 Å². The summed E-state index contributed by atoms with van der Waals surface area (Å²) in [5.74, 6) is 1.33. The average molecular weight is 378 g/mol. The first-order chi connectivity index (χ1) is 12.1. The number of hydrogen-bond donors (Lipinski definition) is 1. The molecule has 4 unspecified atom stereocenters. The van der Waals surface area contributed by atoms with Gasteiger partial charge in [-0.1, -0.05) is 18.2 Å². The van der Waals surface area contributed by atoms with E-state index in [2.05, 4.69) is 0 Å². The van der Waals surface area contributed by atoms with Crippen LogP contribution in [0.25, 0.3) is 0 Å². The largest absolute Gasteiger partial charge is 0.341 e. The normalized spacial score (nSPS) is 30.7. The standard InChI is InChI=1S/C20H27N3O2.ClH/c21-18-16-8-7-15(13-16)17(18)20(25)23-10-4-9-22(11-12-23)19(24)14-5-2-1-3-6-14;/h1-3,5-6,15-18H,4,7-13,21H2;1H. The third kappa shape index (κ3) is 3.47. The van der Waals surface area contributed by atoms with Crippen LogP contribution >= 0.6 is 12.4 Å². The molecule has 1 aromatic rings. The van der Waals surface area contributed by atoms with Gasteiger partial charge < -0.3 is 15.5 Å². The monoisotopic (exact) mass is 377 g/mol. The molecule has 3 aliphatic rings. The maximum atomic E-state index is 13.0. The Balaban J connectivity index is 0.00000196. The Morgan fingerprint density at radius 2 is 1.58 bits per heavy atom. The van der Waals surface area contributed by atoms with Crippen LogP contribution in [0.3, 0.4) is 0 Å². The SMILES string of the molecule is Cl.NC1C2CCC(C2)C1C(=O)N1CCCN(C(=O)c2ccccc2)CC1. The van der Waals surface area contributed by atoms with E-state index in [0.29, 0.717) is 31.5 Å². The van der Waals surface area contributed by atoms with Crippen LogP contribution in [0, 0.1) is 17.8 Å². The predicted octanol–water partition coefficient (Wildman–Crippen LogP) is 2.16. The molecule has 2 bridgehead atoms. The quantitative estimate of drug-likeness (QED) is 0.858. The van der Waals surface area contributed by atoms with Crippen LogP contribution in [0.15, 0.2) is 30.3 Å². The van der Waals surface area contributed by atoms with E-state index in [1.54, 1.807) is 0 Å². The number of hydrogen-bond acceptors (Lipinski definition) is 3. The summed E-state index contributed by atoms with van der Waals surface area (Å²) in [6.07, 6.45) is 4.31. The van der Waals surface area contributed by atoms with E-state index < -0.39 is 0 Å². The van der Waals surface area contributed by atoms with Gasteiger partial charge in [0.1, 0.15) is 0 Å². The maximum Gasteiger partial charge on any atom is 0.253 e.